The van der Waals surface area contributed by atoms with Gasteiger partial charge in [-0.3, -0.25) is 4.98 Å². The van der Waals surface area contributed by atoms with Gasteiger partial charge in [-0.05, 0) is 18.2 Å². The highest BCUT2D eigenvalue weighted by Gasteiger charge is 2.08. The maximum absolute atomic E-state index is 13.6. The third-order valence-corrected chi connectivity index (χ3v) is 2.76. The van der Waals surface area contributed by atoms with Gasteiger partial charge >= 0.3 is 0 Å². The van der Waals surface area contributed by atoms with Gasteiger partial charge in [0.15, 0.2) is 5.82 Å². The number of fused-ring (bicyclic) bond motifs is 1. The van der Waals surface area contributed by atoms with Crippen LogP contribution < -0.4 is 4.74 Å². The van der Waals surface area contributed by atoms with Crippen molar-refractivity contribution >= 4 is 22.5 Å². The lowest BCUT2D eigenvalue weighted by Gasteiger charge is -2.06. The molecule has 0 aliphatic carbocycles. The number of rotatable bonds is 2. The number of pyridine rings is 2. The van der Waals surface area contributed by atoms with E-state index in [0.717, 1.165) is 17.0 Å². The summed E-state index contributed by atoms with van der Waals surface area (Å²) in [6.07, 6.45) is 2.85. The Morgan fingerprint density at radius 3 is 2.74 bits per heavy atom. The summed E-state index contributed by atoms with van der Waals surface area (Å²) >= 11 is 5.63. The third kappa shape index (κ3) is 2.48. The van der Waals surface area contributed by atoms with Crippen LogP contribution in [0, 0.1) is 5.82 Å². The van der Waals surface area contributed by atoms with Gasteiger partial charge < -0.3 is 4.74 Å². The van der Waals surface area contributed by atoms with Crippen molar-refractivity contribution in [2.45, 2.75) is 0 Å². The molecule has 94 valence electrons. The second-order valence-electron chi connectivity index (χ2n) is 3.91. The highest BCUT2D eigenvalue weighted by molar-refractivity contribution is 6.30. The monoisotopic (exact) mass is 274 g/mol. The van der Waals surface area contributed by atoms with E-state index >= 15 is 0 Å². The second-order valence-corrected chi connectivity index (χ2v) is 4.34. The molecule has 0 spiro atoms. The van der Waals surface area contributed by atoms with Crippen molar-refractivity contribution in [2.24, 2.45) is 0 Å². The lowest BCUT2D eigenvalue weighted by atomic mass is 10.2. The Kier molecular flexibility index (Phi) is 3.01. The van der Waals surface area contributed by atoms with E-state index < -0.39 is 5.82 Å². The Morgan fingerprint density at radius 2 is 1.89 bits per heavy atom. The molecule has 0 unspecified atom stereocenters. The molecule has 2 aromatic heterocycles. The molecule has 2 heterocycles. The first-order valence-corrected chi connectivity index (χ1v) is 5.94. The van der Waals surface area contributed by atoms with E-state index in [9.17, 15) is 4.39 Å². The third-order valence-electron chi connectivity index (χ3n) is 2.55. The van der Waals surface area contributed by atoms with Crippen molar-refractivity contribution in [1.29, 1.82) is 0 Å². The zero-order valence-corrected chi connectivity index (χ0v) is 10.4. The van der Waals surface area contributed by atoms with Crippen molar-refractivity contribution in [3.05, 3.63) is 59.6 Å². The van der Waals surface area contributed by atoms with E-state index in [-0.39, 0.29) is 10.9 Å². The quantitative estimate of drug-likeness (QED) is 0.702. The molecule has 3 rings (SSSR count). The number of benzene rings is 1. The van der Waals surface area contributed by atoms with Gasteiger partial charge in [0.05, 0.1) is 16.7 Å². The SMILES string of the molecule is Fc1cc(Cl)cnc1Oc1cnc2ccccc2c1. The van der Waals surface area contributed by atoms with Gasteiger partial charge in [0.1, 0.15) is 5.75 Å². The Labute approximate surface area is 113 Å². The predicted octanol–water partition coefficient (Wildman–Crippen LogP) is 4.21. The summed E-state index contributed by atoms with van der Waals surface area (Å²) in [5.74, 6) is -0.311. The Morgan fingerprint density at radius 1 is 1.05 bits per heavy atom. The number of halogens is 2. The maximum atomic E-state index is 13.6. The van der Waals surface area contributed by atoms with Crippen LogP contribution in [-0.4, -0.2) is 9.97 Å². The van der Waals surface area contributed by atoms with Gasteiger partial charge in [-0.25, -0.2) is 9.37 Å². The van der Waals surface area contributed by atoms with Gasteiger partial charge in [-0.15, -0.1) is 0 Å². The van der Waals surface area contributed by atoms with Crippen LogP contribution in [0.3, 0.4) is 0 Å². The number of hydrogen-bond acceptors (Lipinski definition) is 3. The molecular formula is C14H8ClFN2O. The molecule has 3 nitrogen and oxygen atoms in total. The van der Waals surface area contributed by atoms with Crippen molar-refractivity contribution in [1.82, 2.24) is 9.97 Å². The number of aromatic nitrogens is 2. The zero-order valence-electron chi connectivity index (χ0n) is 9.68. The fourth-order valence-corrected chi connectivity index (χ4v) is 1.84. The van der Waals surface area contributed by atoms with E-state index in [1.165, 1.54) is 12.4 Å². The smallest absolute Gasteiger partial charge is 0.256 e. The topological polar surface area (TPSA) is 35.0 Å². The molecule has 0 radical (unpaired) electrons. The average molecular weight is 275 g/mol. The van der Waals surface area contributed by atoms with Crippen LogP contribution in [0.4, 0.5) is 4.39 Å². The summed E-state index contributed by atoms with van der Waals surface area (Å²) in [6.45, 7) is 0. The summed E-state index contributed by atoms with van der Waals surface area (Å²) in [6, 6.07) is 10.5. The normalized spacial score (nSPS) is 10.6. The number of hydrogen-bond donors (Lipinski definition) is 0. The molecule has 0 atom stereocenters. The molecule has 0 aliphatic rings. The van der Waals surface area contributed by atoms with Crippen LogP contribution in [0.15, 0.2) is 48.8 Å². The van der Waals surface area contributed by atoms with Crippen molar-refractivity contribution in [2.75, 3.05) is 0 Å². The number of para-hydroxylation sites is 1. The lowest BCUT2D eigenvalue weighted by Crippen LogP contribution is -1.92. The summed E-state index contributed by atoms with van der Waals surface area (Å²) in [5.41, 5.74) is 0.847. The molecule has 5 heteroatoms. The molecule has 0 bridgehead atoms. The summed E-state index contributed by atoms with van der Waals surface area (Å²) < 4.78 is 18.9. The average Bonchev–Trinajstić information content (AvgIpc) is 2.42. The molecule has 1 aromatic carbocycles. The molecule has 0 saturated heterocycles. The first-order valence-electron chi connectivity index (χ1n) is 5.56. The van der Waals surface area contributed by atoms with Gasteiger partial charge in [0.2, 0.25) is 0 Å². The highest BCUT2D eigenvalue weighted by Crippen LogP contribution is 2.25. The Bertz CT molecular complexity index is 748. The molecular weight excluding hydrogens is 267 g/mol. The standard InChI is InChI=1S/C14H8ClFN2O/c15-10-6-12(16)14(18-7-10)19-11-5-9-3-1-2-4-13(9)17-8-11/h1-8H. The number of nitrogens with zero attached hydrogens (tertiary/aromatic N) is 2. The summed E-state index contributed by atoms with van der Waals surface area (Å²) in [5, 5.41) is 1.14. The van der Waals surface area contributed by atoms with Crippen LogP contribution in [-0.2, 0) is 0 Å². The van der Waals surface area contributed by atoms with Crippen molar-refractivity contribution < 1.29 is 9.13 Å². The summed E-state index contributed by atoms with van der Waals surface area (Å²) in [4.78, 5) is 8.02. The van der Waals surface area contributed by atoms with Crippen LogP contribution >= 0.6 is 11.6 Å². The Hall–Kier alpha value is -2.20. The van der Waals surface area contributed by atoms with Gasteiger partial charge in [0, 0.05) is 11.6 Å². The highest BCUT2D eigenvalue weighted by atomic mass is 35.5. The molecule has 0 saturated carbocycles. The van der Waals surface area contributed by atoms with Crippen LogP contribution in [0.1, 0.15) is 0 Å². The predicted molar refractivity (Wildman–Crippen MR) is 71.0 cm³/mol. The van der Waals surface area contributed by atoms with Crippen molar-refractivity contribution in [3.8, 4) is 11.6 Å². The minimum Gasteiger partial charge on any atom is -0.435 e. The minimum absolute atomic E-state index is 0.124. The van der Waals surface area contributed by atoms with Crippen LogP contribution in [0.5, 0.6) is 11.6 Å². The minimum atomic E-state index is -0.611. The fraction of sp³-hybridized carbons (Fsp3) is 0. The molecule has 0 amide bonds. The van der Waals surface area contributed by atoms with Gasteiger partial charge in [-0.1, -0.05) is 29.8 Å². The van der Waals surface area contributed by atoms with E-state index in [2.05, 4.69) is 9.97 Å². The van der Waals surface area contributed by atoms with E-state index in [1.54, 1.807) is 6.07 Å². The first-order chi connectivity index (χ1) is 9.22. The van der Waals surface area contributed by atoms with Gasteiger partial charge in [0.25, 0.3) is 5.88 Å². The zero-order chi connectivity index (χ0) is 13.2. The lowest BCUT2D eigenvalue weighted by molar-refractivity contribution is 0.422. The fourth-order valence-electron chi connectivity index (χ4n) is 1.70. The largest absolute Gasteiger partial charge is 0.435 e. The maximum Gasteiger partial charge on any atom is 0.256 e. The van der Waals surface area contributed by atoms with Crippen molar-refractivity contribution in [3.63, 3.8) is 0 Å². The van der Waals surface area contributed by atoms with E-state index in [1.807, 2.05) is 24.3 Å². The van der Waals surface area contributed by atoms with Gasteiger partial charge in [-0.2, -0.15) is 0 Å². The molecule has 0 N–H and O–H groups in total. The molecule has 3 aromatic rings. The Balaban J connectivity index is 1.96. The van der Waals surface area contributed by atoms with E-state index in [0.29, 0.717) is 5.75 Å². The first kappa shape index (κ1) is 11.9. The molecule has 0 fully saturated rings. The van der Waals surface area contributed by atoms with Crippen LogP contribution in [0.2, 0.25) is 5.02 Å². The number of ether oxygens (including phenoxy) is 1. The molecule has 0 aliphatic heterocycles. The summed E-state index contributed by atoms with van der Waals surface area (Å²) in [7, 11) is 0. The molecule has 19 heavy (non-hydrogen) atoms. The second kappa shape index (κ2) is 4.82. The van der Waals surface area contributed by atoms with E-state index in [4.69, 9.17) is 16.3 Å². The van der Waals surface area contributed by atoms with Crippen LogP contribution in [0.25, 0.3) is 10.9 Å².